The van der Waals surface area contributed by atoms with Crippen molar-refractivity contribution in [3.8, 4) is 44.5 Å². The van der Waals surface area contributed by atoms with Gasteiger partial charge in [0.25, 0.3) is 0 Å². The van der Waals surface area contributed by atoms with Crippen LogP contribution in [0.3, 0.4) is 0 Å². The third-order valence-electron chi connectivity index (χ3n) is 9.19. The van der Waals surface area contributed by atoms with Crippen molar-refractivity contribution in [2.24, 2.45) is 0 Å². The molecule has 0 N–H and O–H groups in total. The van der Waals surface area contributed by atoms with Crippen molar-refractivity contribution in [3.05, 3.63) is 212 Å². The minimum Gasteiger partial charge on any atom is -0.310 e. The predicted octanol–water partition coefficient (Wildman–Crippen LogP) is 14.1. The van der Waals surface area contributed by atoms with E-state index in [1.165, 1.54) is 4.90 Å². The van der Waals surface area contributed by atoms with Gasteiger partial charge in [-0.2, -0.15) is 0 Å². The van der Waals surface area contributed by atoms with Gasteiger partial charge in [-0.05, 0) is 108 Å². The van der Waals surface area contributed by atoms with E-state index in [0.717, 1.165) is 43.8 Å². The quantitative estimate of drug-likeness (QED) is 0.165. The topological polar surface area (TPSA) is 3.24 Å². The summed E-state index contributed by atoms with van der Waals surface area (Å²) in [4.78, 5) is 1.41. The third-order valence-corrected chi connectivity index (χ3v) is 9.19. The van der Waals surface area contributed by atoms with Crippen LogP contribution in [-0.2, 0) is 0 Å². The van der Waals surface area contributed by atoms with Crippen LogP contribution in [0.2, 0.25) is 0 Å². The molecule has 0 aliphatic carbocycles. The molecule has 0 spiro atoms. The molecule has 0 radical (unpaired) electrons. The first-order valence-corrected chi connectivity index (χ1v) is 16.9. The van der Waals surface area contributed by atoms with E-state index in [2.05, 4.69) is 0 Å². The van der Waals surface area contributed by atoms with Crippen molar-refractivity contribution in [3.63, 3.8) is 0 Å². The molecule has 51 heavy (non-hydrogen) atoms. The molecule has 0 aromatic heterocycles. The zero-order chi connectivity index (χ0) is 40.9. The molecule has 0 unspecified atom stereocenters. The number of fused-ring (bicyclic) bond motifs is 2. The molecule has 0 aliphatic rings. The Hall–Kier alpha value is -6.70. The fourth-order valence-corrected chi connectivity index (χ4v) is 6.62. The highest BCUT2D eigenvalue weighted by Gasteiger charge is 2.16. The third kappa shape index (κ3) is 6.07. The smallest absolute Gasteiger partial charge is 0.0651 e. The molecule has 0 aliphatic heterocycles. The van der Waals surface area contributed by atoms with Crippen molar-refractivity contribution in [2.75, 3.05) is 4.90 Å². The minimum atomic E-state index is -0.447. The van der Waals surface area contributed by atoms with Crippen LogP contribution in [0.15, 0.2) is 212 Å². The molecular formula is C50H35N. The first-order chi connectivity index (χ1) is 28.6. The lowest BCUT2D eigenvalue weighted by Gasteiger charge is -2.27. The standard InChI is InChI=1S/C50H35N/c1-2-11-36(12-3-1)38-23-25-39(26-24-38)40-29-31-46(32-30-40)51(47-19-8-17-43(34-47)44-28-27-37-13-4-5-15-42(37)33-44)48-20-9-18-45(35-48)50-22-10-16-41-14-6-7-21-49(41)50/h1-35H/i8D,17D,19D,29D,30D,31D,32D,34D. The van der Waals surface area contributed by atoms with Gasteiger partial charge in [0.15, 0.2) is 0 Å². The van der Waals surface area contributed by atoms with Crippen LogP contribution in [-0.4, -0.2) is 0 Å². The molecule has 9 aromatic rings. The van der Waals surface area contributed by atoms with Crippen molar-refractivity contribution in [1.82, 2.24) is 0 Å². The maximum atomic E-state index is 9.76. The Kier molecular flexibility index (Phi) is 5.96. The predicted molar refractivity (Wildman–Crippen MR) is 218 cm³/mol. The molecule has 240 valence electrons. The summed E-state index contributed by atoms with van der Waals surface area (Å²) in [5, 5.41) is 3.87. The van der Waals surface area contributed by atoms with Gasteiger partial charge in [0, 0.05) is 17.1 Å². The molecule has 9 rings (SSSR count). The summed E-state index contributed by atoms with van der Waals surface area (Å²) in [6, 6.07) is 49.0. The van der Waals surface area contributed by atoms with Gasteiger partial charge in [-0.15, -0.1) is 0 Å². The Bertz CT molecular complexity index is 3060. The van der Waals surface area contributed by atoms with Crippen LogP contribution < -0.4 is 4.90 Å². The molecule has 9 aromatic carbocycles. The highest BCUT2D eigenvalue weighted by Crippen LogP contribution is 2.40. The second kappa shape index (κ2) is 13.3. The van der Waals surface area contributed by atoms with Crippen molar-refractivity contribution >= 4 is 38.6 Å². The van der Waals surface area contributed by atoms with E-state index in [-0.39, 0.29) is 58.8 Å². The molecule has 1 heteroatoms. The molecule has 0 atom stereocenters. The summed E-state index contributed by atoms with van der Waals surface area (Å²) in [5.41, 5.74) is 4.93. The van der Waals surface area contributed by atoms with Crippen LogP contribution in [0, 0.1) is 0 Å². The molecule has 0 heterocycles. The van der Waals surface area contributed by atoms with Crippen LogP contribution in [0.5, 0.6) is 0 Å². The lowest BCUT2D eigenvalue weighted by atomic mass is 9.97. The monoisotopic (exact) mass is 657 g/mol. The van der Waals surface area contributed by atoms with Crippen LogP contribution in [0.4, 0.5) is 17.1 Å². The Morgan fingerprint density at radius 3 is 1.78 bits per heavy atom. The highest BCUT2D eigenvalue weighted by atomic mass is 15.1. The van der Waals surface area contributed by atoms with Crippen molar-refractivity contribution in [2.45, 2.75) is 0 Å². The van der Waals surface area contributed by atoms with Gasteiger partial charge in [0.2, 0.25) is 0 Å². The number of hydrogen-bond donors (Lipinski definition) is 0. The number of nitrogens with zero attached hydrogens (tertiary/aromatic N) is 1. The highest BCUT2D eigenvalue weighted by molar-refractivity contribution is 5.97. The number of benzene rings is 9. The summed E-state index contributed by atoms with van der Waals surface area (Å²) in [7, 11) is 0. The Labute approximate surface area is 310 Å². The zero-order valence-corrected chi connectivity index (χ0v) is 27.5. The molecular weight excluding hydrogens is 615 g/mol. The molecule has 0 saturated heterocycles. The maximum Gasteiger partial charge on any atom is 0.0651 e. The summed E-state index contributed by atoms with van der Waals surface area (Å²) in [5.74, 6) is 0. The van der Waals surface area contributed by atoms with E-state index < -0.39 is 12.1 Å². The number of anilines is 3. The summed E-state index contributed by atoms with van der Waals surface area (Å²) in [6.45, 7) is 0. The second-order valence-corrected chi connectivity index (χ2v) is 12.4. The number of hydrogen-bond acceptors (Lipinski definition) is 1. The van der Waals surface area contributed by atoms with Gasteiger partial charge in [-0.3, -0.25) is 0 Å². The lowest BCUT2D eigenvalue weighted by molar-refractivity contribution is 1.28. The van der Waals surface area contributed by atoms with Gasteiger partial charge in [0.05, 0.1) is 11.0 Å². The van der Waals surface area contributed by atoms with Gasteiger partial charge in [-0.25, -0.2) is 0 Å². The van der Waals surface area contributed by atoms with E-state index in [4.69, 9.17) is 2.74 Å². The minimum absolute atomic E-state index is 0.115. The largest absolute Gasteiger partial charge is 0.310 e. The fourth-order valence-electron chi connectivity index (χ4n) is 6.62. The van der Waals surface area contributed by atoms with Gasteiger partial charge < -0.3 is 4.90 Å². The molecule has 1 nitrogen and oxygen atoms in total. The Balaban J connectivity index is 1.30. The van der Waals surface area contributed by atoms with Gasteiger partial charge in [0.1, 0.15) is 0 Å². The lowest BCUT2D eigenvalue weighted by Crippen LogP contribution is -2.10. The molecule has 0 amide bonds. The van der Waals surface area contributed by atoms with E-state index >= 15 is 0 Å². The van der Waals surface area contributed by atoms with Crippen LogP contribution in [0.1, 0.15) is 11.0 Å². The van der Waals surface area contributed by atoms with E-state index in [1.807, 2.05) is 140 Å². The number of rotatable bonds is 7. The summed E-state index contributed by atoms with van der Waals surface area (Å²) < 4.78 is 75.1. The Morgan fingerprint density at radius 1 is 0.333 bits per heavy atom. The molecule has 0 bridgehead atoms. The van der Waals surface area contributed by atoms with Crippen molar-refractivity contribution < 1.29 is 11.0 Å². The molecule has 0 fully saturated rings. The van der Waals surface area contributed by atoms with E-state index in [9.17, 15) is 8.22 Å². The Morgan fingerprint density at radius 2 is 0.961 bits per heavy atom. The fraction of sp³-hybridized carbons (Fsp3) is 0. The SMILES string of the molecule is [2H]c1c([2H])c(-c2ccc3ccccc3c2)c([2H])c(N(c2cccc(-c3cccc4ccccc34)c2)c2c([2H])c([2H])c(-c3ccc(-c4ccccc4)cc3)c([2H])c2[2H])c1[2H]. The normalized spacial score (nSPS) is 13.3. The second-order valence-electron chi connectivity index (χ2n) is 12.4. The zero-order valence-electron chi connectivity index (χ0n) is 35.5. The van der Waals surface area contributed by atoms with Gasteiger partial charge >= 0.3 is 0 Å². The first-order valence-electron chi connectivity index (χ1n) is 20.9. The van der Waals surface area contributed by atoms with E-state index in [0.29, 0.717) is 16.8 Å². The summed E-state index contributed by atoms with van der Waals surface area (Å²) >= 11 is 0. The van der Waals surface area contributed by atoms with Crippen LogP contribution in [0.25, 0.3) is 66.1 Å². The maximum absolute atomic E-state index is 9.76. The van der Waals surface area contributed by atoms with E-state index in [1.54, 1.807) is 24.3 Å². The van der Waals surface area contributed by atoms with Crippen LogP contribution >= 0.6 is 0 Å². The molecule has 0 saturated carbocycles. The average molecular weight is 658 g/mol. The first kappa shape index (κ1) is 22.8. The van der Waals surface area contributed by atoms with Gasteiger partial charge in [-0.1, -0.05) is 170 Å². The average Bonchev–Trinajstić information content (AvgIpc) is 3.27. The van der Waals surface area contributed by atoms with Crippen molar-refractivity contribution in [1.29, 1.82) is 0 Å². The summed E-state index contributed by atoms with van der Waals surface area (Å²) in [6.07, 6.45) is 0.